The van der Waals surface area contributed by atoms with Crippen LogP contribution < -0.4 is 0 Å². The Morgan fingerprint density at radius 2 is 1.53 bits per heavy atom. The van der Waals surface area contributed by atoms with Crippen molar-refractivity contribution in [2.24, 2.45) is 0 Å². The maximum Gasteiger partial charge on any atom is 0.272 e. The molecule has 0 bridgehead atoms. The van der Waals surface area contributed by atoms with Gasteiger partial charge in [0, 0.05) is 13.1 Å². The van der Waals surface area contributed by atoms with E-state index in [1.807, 2.05) is 0 Å². The minimum atomic E-state index is -0.944. The van der Waals surface area contributed by atoms with Crippen molar-refractivity contribution in [2.75, 3.05) is 39.3 Å². The minimum absolute atomic E-state index is 0.944. The molecule has 0 aromatic carbocycles. The lowest BCUT2D eigenvalue weighted by Gasteiger charge is -2.36. The van der Waals surface area contributed by atoms with E-state index in [2.05, 4.69) is 41.4 Å². The molecule has 1 rings (SSSR count). The Balaban J connectivity index is 2.66. The van der Waals surface area contributed by atoms with Crippen molar-refractivity contribution in [3.05, 3.63) is 0 Å². The monoisotopic (exact) mass is 229 g/mol. The molecule has 0 radical (unpaired) electrons. The molecule has 0 aliphatic carbocycles. The largest absolute Gasteiger partial charge is 0.302 e. The standard InChI is InChI=1S/C11H27N3Si/c1-5-9-12(6-2)15-13(7-3)10-11-14(15)8-4/h15H,5-11H2,1-4H3. The Bertz CT molecular complexity index is 165. The quantitative estimate of drug-likeness (QED) is 0.632. The van der Waals surface area contributed by atoms with Gasteiger partial charge in [0.1, 0.15) is 0 Å². The molecule has 4 heteroatoms. The number of hydrogen-bond donors (Lipinski definition) is 0. The van der Waals surface area contributed by atoms with Crippen molar-refractivity contribution >= 4 is 9.28 Å². The van der Waals surface area contributed by atoms with Gasteiger partial charge in [-0.1, -0.05) is 27.7 Å². The van der Waals surface area contributed by atoms with Gasteiger partial charge in [-0.2, -0.15) is 0 Å². The Morgan fingerprint density at radius 3 is 1.87 bits per heavy atom. The van der Waals surface area contributed by atoms with E-state index >= 15 is 0 Å². The van der Waals surface area contributed by atoms with Crippen LogP contribution in [-0.4, -0.2) is 62.2 Å². The van der Waals surface area contributed by atoms with Gasteiger partial charge in [0.2, 0.25) is 0 Å². The zero-order valence-corrected chi connectivity index (χ0v) is 12.0. The van der Waals surface area contributed by atoms with Crippen molar-refractivity contribution < 1.29 is 0 Å². The van der Waals surface area contributed by atoms with Gasteiger partial charge in [-0.25, -0.2) is 0 Å². The summed E-state index contributed by atoms with van der Waals surface area (Å²) in [6, 6.07) is 0. The van der Waals surface area contributed by atoms with Crippen LogP contribution in [0, 0.1) is 0 Å². The average molecular weight is 229 g/mol. The second kappa shape index (κ2) is 6.63. The molecule has 1 saturated heterocycles. The van der Waals surface area contributed by atoms with E-state index in [1.54, 1.807) is 0 Å². The van der Waals surface area contributed by atoms with Gasteiger partial charge in [0.05, 0.1) is 0 Å². The predicted octanol–water partition coefficient (Wildman–Crippen LogP) is 1.09. The van der Waals surface area contributed by atoms with Crippen molar-refractivity contribution in [1.29, 1.82) is 0 Å². The molecule has 0 amide bonds. The Hall–Kier alpha value is 0.0969. The van der Waals surface area contributed by atoms with Crippen LogP contribution >= 0.6 is 0 Å². The van der Waals surface area contributed by atoms with Crippen LogP contribution in [0.1, 0.15) is 34.1 Å². The average Bonchev–Trinajstić information content (AvgIpc) is 2.68. The number of nitrogens with zero attached hydrogens (tertiary/aromatic N) is 3. The first-order valence-corrected chi connectivity index (χ1v) is 8.05. The van der Waals surface area contributed by atoms with E-state index in [9.17, 15) is 0 Å². The number of rotatable bonds is 6. The first-order valence-electron chi connectivity index (χ1n) is 6.50. The first kappa shape index (κ1) is 13.2. The summed E-state index contributed by atoms with van der Waals surface area (Å²) in [6.07, 6.45) is 1.28. The van der Waals surface area contributed by atoms with Crippen molar-refractivity contribution in [3.63, 3.8) is 0 Å². The second-order valence-electron chi connectivity index (χ2n) is 4.23. The van der Waals surface area contributed by atoms with E-state index in [4.69, 9.17) is 0 Å². The van der Waals surface area contributed by atoms with Crippen molar-refractivity contribution in [2.45, 2.75) is 34.1 Å². The molecular weight excluding hydrogens is 202 g/mol. The molecule has 0 atom stereocenters. The van der Waals surface area contributed by atoms with Gasteiger partial charge in [0.25, 0.3) is 9.28 Å². The Morgan fingerprint density at radius 1 is 1.00 bits per heavy atom. The summed E-state index contributed by atoms with van der Waals surface area (Å²) in [7, 11) is -0.944. The molecule has 1 aliphatic rings. The fourth-order valence-electron chi connectivity index (χ4n) is 2.55. The number of likely N-dealkylation sites (N-methyl/N-ethyl adjacent to an activating group) is 2. The lowest BCUT2D eigenvalue weighted by atomic mass is 10.5. The smallest absolute Gasteiger partial charge is 0.272 e. The van der Waals surface area contributed by atoms with Crippen molar-refractivity contribution in [1.82, 2.24) is 13.7 Å². The van der Waals surface area contributed by atoms with Crippen LogP contribution in [-0.2, 0) is 0 Å². The molecular formula is C11H27N3Si. The molecule has 15 heavy (non-hydrogen) atoms. The molecule has 90 valence electrons. The molecule has 1 fully saturated rings. The van der Waals surface area contributed by atoms with E-state index in [1.165, 1.54) is 45.7 Å². The summed E-state index contributed by atoms with van der Waals surface area (Å²) in [4.78, 5) is 0. The molecule has 0 saturated carbocycles. The second-order valence-corrected chi connectivity index (χ2v) is 7.12. The van der Waals surface area contributed by atoms with Gasteiger partial charge in [0.15, 0.2) is 0 Å². The third-order valence-corrected chi connectivity index (χ3v) is 7.21. The Kier molecular flexibility index (Phi) is 5.82. The van der Waals surface area contributed by atoms with Crippen molar-refractivity contribution in [3.8, 4) is 0 Å². The van der Waals surface area contributed by atoms with Crippen LogP contribution in [0.5, 0.6) is 0 Å². The maximum absolute atomic E-state index is 2.74. The van der Waals surface area contributed by atoms with Gasteiger partial charge in [-0.15, -0.1) is 0 Å². The highest BCUT2D eigenvalue weighted by Gasteiger charge is 2.35. The van der Waals surface area contributed by atoms with Crippen LogP contribution in [0.3, 0.4) is 0 Å². The summed E-state index contributed by atoms with van der Waals surface area (Å²) in [5.41, 5.74) is 0. The summed E-state index contributed by atoms with van der Waals surface area (Å²) in [6.45, 7) is 16.8. The fourth-order valence-corrected chi connectivity index (χ4v) is 6.09. The van der Waals surface area contributed by atoms with Crippen LogP contribution in [0.15, 0.2) is 0 Å². The lowest BCUT2D eigenvalue weighted by Crippen LogP contribution is -2.57. The molecule has 0 N–H and O–H groups in total. The minimum Gasteiger partial charge on any atom is -0.302 e. The predicted molar refractivity (Wildman–Crippen MR) is 69.2 cm³/mol. The summed E-state index contributed by atoms with van der Waals surface area (Å²) < 4.78 is 8.19. The van der Waals surface area contributed by atoms with E-state index in [0.29, 0.717) is 0 Å². The van der Waals surface area contributed by atoms with Crippen LogP contribution in [0.25, 0.3) is 0 Å². The third kappa shape index (κ3) is 3.03. The zero-order valence-electron chi connectivity index (χ0n) is 10.9. The highest BCUT2D eigenvalue weighted by molar-refractivity contribution is 6.50. The zero-order chi connectivity index (χ0) is 11.3. The summed E-state index contributed by atoms with van der Waals surface area (Å²) in [5.74, 6) is 0. The SMILES string of the molecule is CCCN(CC)[SiH]1N(CC)CCN1CC. The molecule has 3 nitrogen and oxygen atoms in total. The molecule has 0 aromatic rings. The summed E-state index contributed by atoms with van der Waals surface area (Å²) in [5, 5.41) is 0. The summed E-state index contributed by atoms with van der Waals surface area (Å²) >= 11 is 0. The first-order chi connectivity index (χ1) is 7.28. The lowest BCUT2D eigenvalue weighted by molar-refractivity contribution is 0.356. The van der Waals surface area contributed by atoms with Crippen LogP contribution in [0.2, 0.25) is 0 Å². The van der Waals surface area contributed by atoms with Gasteiger partial charge < -0.3 is 13.7 Å². The highest BCUT2D eigenvalue weighted by Crippen LogP contribution is 2.14. The van der Waals surface area contributed by atoms with E-state index in [-0.39, 0.29) is 0 Å². The molecule has 0 aromatic heterocycles. The fraction of sp³-hybridized carbons (Fsp3) is 1.00. The third-order valence-electron chi connectivity index (χ3n) is 3.38. The molecule has 1 aliphatic heterocycles. The van der Waals surface area contributed by atoms with E-state index < -0.39 is 9.28 Å². The molecule has 0 spiro atoms. The van der Waals surface area contributed by atoms with Gasteiger partial charge >= 0.3 is 0 Å². The van der Waals surface area contributed by atoms with E-state index in [0.717, 1.165) is 0 Å². The normalized spacial score (nSPS) is 20.6. The Labute approximate surface area is 96.9 Å². The van der Waals surface area contributed by atoms with Gasteiger partial charge in [-0.05, 0) is 32.6 Å². The molecule has 1 heterocycles. The maximum atomic E-state index is 2.74. The number of hydrogen-bond acceptors (Lipinski definition) is 3. The van der Waals surface area contributed by atoms with Crippen LogP contribution in [0.4, 0.5) is 0 Å². The molecule has 0 unspecified atom stereocenters. The topological polar surface area (TPSA) is 9.72 Å². The van der Waals surface area contributed by atoms with Gasteiger partial charge in [-0.3, -0.25) is 0 Å². The highest BCUT2D eigenvalue weighted by atomic mass is 28.3.